The highest BCUT2D eigenvalue weighted by Gasteiger charge is 2.10. The minimum atomic E-state index is -0.421. The third-order valence-electron chi connectivity index (χ3n) is 3.49. The number of benzene rings is 2. The van der Waals surface area contributed by atoms with Crippen LogP contribution in [0.4, 0.5) is 0 Å². The predicted octanol–water partition coefficient (Wildman–Crippen LogP) is 2.14. The lowest BCUT2D eigenvalue weighted by Crippen LogP contribution is -2.35. The molecule has 1 aromatic heterocycles. The van der Waals surface area contributed by atoms with Gasteiger partial charge in [0.15, 0.2) is 0 Å². The molecule has 5 heteroatoms. The maximum atomic E-state index is 12.5. The Kier molecular flexibility index (Phi) is 3.78. The normalized spacial score (nSPS) is 10.8. The van der Waals surface area contributed by atoms with Gasteiger partial charge in [-0.1, -0.05) is 30.3 Å². The Balaban J connectivity index is 2.12. The largest absolute Gasteiger partial charge is 0.494 e. The minimum Gasteiger partial charge on any atom is -0.494 e. The van der Waals surface area contributed by atoms with Crippen molar-refractivity contribution >= 4 is 10.9 Å². The summed E-state index contributed by atoms with van der Waals surface area (Å²) in [6.07, 6.45) is 0. The van der Waals surface area contributed by atoms with Crippen molar-refractivity contribution in [3.63, 3.8) is 0 Å². The molecule has 22 heavy (non-hydrogen) atoms. The van der Waals surface area contributed by atoms with Crippen LogP contribution < -0.4 is 16.0 Å². The van der Waals surface area contributed by atoms with Gasteiger partial charge in [-0.3, -0.25) is 9.36 Å². The van der Waals surface area contributed by atoms with E-state index in [1.807, 2.05) is 31.2 Å². The number of H-pyrrole nitrogens is 1. The number of aromatic amines is 1. The second-order valence-electron chi connectivity index (χ2n) is 4.91. The highest BCUT2D eigenvalue weighted by molar-refractivity contribution is 5.76. The van der Waals surface area contributed by atoms with Crippen molar-refractivity contribution in [2.45, 2.75) is 13.5 Å². The van der Waals surface area contributed by atoms with Crippen LogP contribution >= 0.6 is 0 Å². The average Bonchev–Trinajstić information content (AvgIpc) is 2.53. The van der Waals surface area contributed by atoms with E-state index >= 15 is 0 Å². The van der Waals surface area contributed by atoms with E-state index in [0.717, 1.165) is 5.56 Å². The Morgan fingerprint density at radius 3 is 2.59 bits per heavy atom. The summed E-state index contributed by atoms with van der Waals surface area (Å²) in [5.74, 6) is 0.685. The molecule has 112 valence electrons. The number of ether oxygens (including phenoxy) is 1. The number of nitrogens with one attached hydrogen (secondary N) is 1. The molecule has 0 spiro atoms. The van der Waals surface area contributed by atoms with Crippen LogP contribution in [-0.2, 0) is 6.54 Å². The van der Waals surface area contributed by atoms with Crippen LogP contribution in [0, 0.1) is 0 Å². The number of fused-ring (bicyclic) bond motifs is 1. The van der Waals surface area contributed by atoms with Crippen molar-refractivity contribution in [1.82, 2.24) is 9.55 Å². The van der Waals surface area contributed by atoms with E-state index in [4.69, 9.17) is 4.74 Å². The Labute approximate surface area is 126 Å². The Bertz CT molecular complexity index is 925. The molecule has 0 unspecified atom stereocenters. The summed E-state index contributed by atoms with van der Waals surface area (Å²) < 4.78 is 6.74. The first kappa shape index (κ1) is 14.1. The summed E-state index contributed by atoms with van der Waals surface area (Å²) in [5, 5.41) is 0.496. The zero-order valence-corrected chi connectivity index (χ0v) is 12.2. The van der Waals surface area contributed by atoms with E-state index in [9.17, 15) is 9.59 Å². The van der Waals surface area contributed by atoms with Gasteiger partial charge in [0.25, 0.3) is 5.56 Å². The summed E-state index contributed by atoms with van der Waals surface area (Å²) in [5.41, 5.74) is 0.625. The number of rotatable bonds is 4. The van der Waals surface area contributed by atoms with Gasteiger partial charge < -0.3 is 9.72 Å². The minimum absolute atomic E-state index is 0.176. The van der Waals surface area contributed by atoms with Crippen molar-refractivity contribution in [3.05, 3.63) is 74.9 Å². The van der Waals surface area contributed by atoms with E-state index < -0.39 is 5.69 Å². The maximum absolute atomic E-state index is 12.5. The summed E-state index contributed by atoms with van der Waals surface area (Å²) in [6, 6.07) is 14.4. The molecule has 1 heterocycles. The van der Waals surface area contributed by atoms with E-state index in [0.29, 0.717) is 23.3 Å². The van der Waals surface area contributed by atoms with Gasteiger partial charge >= 0.3 is 5.69 Å². The fourth-order valence-corrected chi connectivity index (χ4v) is 2.44. The van der Waals surface area contributed by atoms with Gasteiger partial charge in [-0.15, -0.1) is 0 Å². The summed E-state index contributed by atoms with van der Waals surface area (Å²) in [4.78, 5) is 27.5. The fourth-order valence-electron chi connectivity index (χ4n) is 2.44. The van der Waals surface area contributed by atoms with Crippen molar-refractivity contribution in [3.8, 4) is 5.75 Å². The molecular weight excluding hydrogens is 280 g/mol. The molecule has 0 bridgehead atoms. The standard InChI is InChI=1S/C17H16N2O3/c1-2-22-15-10-6-3-7-12(15)11-19-16(20)13-8-4-5-9-14(13)18-17(19)21/h3-10H,2,11H2,1H3,(H,18,21). The molecule has 0 amide bonds. The van der Waals surface area contributed by atoms with Crippen LogP contribution in [0.1, 0.15) is 12.5 Å². The zero-order valence-electron chi connectivity index (χ0n) is 12.2. The van der Waals surface area contributed by atoms with E-state index in [-0.39, 0.29) is 12.1 Å². The third-order valence-corrected chi connectivity index (χ3v) is 3.49. The van der Waals surface area contributed by atoms with Crippen molar-refractivity contribution < 1.29 is 4.74 Å². The van der Waals surface area contributed by atoms with Crippen molar-refractivity contribution in [2.24, 2.45) is 0 Å². The lowest BCUT2D eigenvalue weighted by Gasteiger charge is -2.11. The van der Waals surface area contributed by atoms with Gasteiger partial charge in [0, 0.05) is 5.56 Å². The van der Waals surface area contributed by atoms with Gasteiger partial charge in [-0.2, -0.15) is 0 Å². The molecule has 0 fully saturated rings. The molecule has 0 saturated heterocycles. The van der Waals surface area contributed by atoms with Gasteiger partial charge in [0.05, 0.1) is 24.1 Å². The molecule has 0 atom stereocenters. The molecule has 2 aromatic carbocycles. The number of hydrogen-bond acceptors (Lipinski definition) is 3. The predicted molar refractivity (Wildman–Crippen MR) is 85.5 cm³/mol. The first-order valence-corrected chi connectivity index (χ1v) is 7.13. The van der Waals surface area contributed by atoms with E-state index in [2.05, 4.69) is 4.98 Å². The van der Waals surface area contributed by atoms with Crippen LogP contribution in [0.5, 0.6) is 5.75 Å². The molecule has 0 aliphatic rings. The van der Waals surface area contributed by atoms with Crippen molar-refractivity contribution in [2.75, 3.05) is 6.61 Å². The topological polar surface area (TPSA) is 64.1 Å². The molecule has 5 nitrogen and oxygen atoms in total. The number of hydrogen-bond donors (Lipinski definition) is 1. The highest BCUT2D eigenvalue weighted by Crippen LogP contribution is 2.18. The first-order chi connectivity index (χ1) is 10.7. The number of para-hydroxylation sites is 2. The summed E-state index contributed by atoms with van der Waals surface area (Å²) in [7, 11) is 0. The molecular formula is C17H16N2O3. The molecule has 0 radical (unpaired) electrons. The first-order valence-electron chi connectivity index (χ1n) is 7.13. The Hall–Kier alpha value is -2.82. The van der Waals surface area contributed by atoms with Crippen LogP contribution in [-0.4, -0.2) is 16.2 Å². The monoisotopic (exact) mass is 296 g/mol. The SMILES string of the molecule is CCOc1ccccc1Cn1c(=O)[nH]c2ccccc2c1=O. The van der Waals surface area contributed by atoms with Crippen LogP contribution in [0.3, 0.4) is 0 Å². The Morgan fingerprint density at radius 1 is 1.05 bits per heavy atom. The van der Waals surface area contributed by atoms with Crippen LogP contribution in [0.25, 0.3) is 10.9 Å². The van der Waals surface area contributed by atoms with Gasteiger partial charge in [-0.05, 0) is 25.1 Å². The van der Waals surface area contributed by atoms with Gasteiger partial charge in [0.2, 0.25) is 0 Å². The summed E-state index contributed by atoms with van der Waals surface area (Å²) in [6.45, 7) is 2.60. The average molecular weight is 296 g/mol. The smallest absolute Gasteiger partial charge is 0.329 e. The molecule has 0 saturated carbocycles. The number of aromatic nitrogens is 2. The highest BCUT2D eigenvalue weighted by atomic mass is 16.5. The van der Waals surface area contributed by atoms with Crippen LogP contribution in [0.2, 0.25) is 0 Å². The Morgan fingerprint density at radius 2 is 1.77 bits per heavy atom. The lowest BCUT2D eigenvalue weighted by atomic mass is 10.2. The molecule has 1 N–H and O–H groups in total. The zero-order chi connectivity index (χ0) is 15.5. The summed E-state index contributed by atoms with van der Waals surface area (Å²) >= 11 is 0. The second kappa shape index (κ2) is 5.89. The second-order valence-corrected chi connectivity index (χ2v) is 4.91. The fraction of sp³-hybridized carbons (Fsp3) is 0.176. The molecule has 3 rings (SSSR count). The number of nitrogens with zero attached hydrogens (tertiary/aromatic N) is 1. The lowest BCUT2D eigenvalue weighted by molar-refractivity contribution is 0.335. The van der Waals surface area contributed by atoms with E-state index in [1.54, 1.807) is 24.3 Å². The van der Waals surface area contributed by atoms with Gasteiger partial charge in [0.1, 0.15) is 5.75 Å². The van der Waals surface area contributed by atoms with Crippen molar-refractivity contribution in [1.29, 1.82) is 0 Å². The quantitative estimate of drug-likeness (QED) is 0.802. The van der Waals surface area contributed by atoms with Gasteiger partial charge in [-0.25, -0.2) is 4.79 Å². The molecule has 3 aromatic rings. The maximum Gasteiger partial charge on any atom is 0.329 e. The molecule has 0 aliphatic heterocycles. The van der Waals surface area contributed by atoms with E-state index in [1.165, 1.54) is 4.57 Å². The molecule has 0 aliphatic carbocycles. The van der Waals surface area contributed by atoms with Crippen LogP contribution in [0.15, 0.2) is 58.1 Å². The third kappa shape index (κ3) is 2.53.